The van der Waals surface area contributed by atoms with E-state index in [1.54, 1.807) is 0 Å². The molecule has 0 atom stereocenters. The van der Waals surface area contributed by atoms with Crippen LogP contribution in [0.25, 0.3) is 33.5 Å². The topological polar surface area (TPSA) is 71.2 Å². The van der Waals surface area contributed by atoms with Gasteiger partial charge in [-0.05, 0) is 32.0 Å². The minimum Gasteiger partial charge on any atom is -1.00 e. The molecule has 1 aliphatic heterocycles. The summed E-state index contributed by atoms with van der Waals surface area (Å²) >= 11 is 0. The first-order chi connectivity index (χ1) is 16.2. The number of rotatable bonds is 3. The van der Waals surface area contributed by atoms with E-state index in [0.717, 1.165) is 77.0 Å². The van der Waals surface area contributed by atoms with Gasteiger partial charge in [0.05, 0.1) is 0 Å². The number of halogens is 1. The molecule has 0 unspecified atom stereocenters. The van der Waals surface area contributed by atoms with E-state index in [-0.39, 0.29) is 12.4 Å². The first-order valence-corrected chi connectivity index (χ1v) is 11.2. The molecule has 1 saturated heterocycles. The predicted molar refractivity (Wildman–Crippen MR) is 131 cm³/mol. The molecule has 0 amide bonds. The molecule has 7 nitrogen and oxygen atoms in total. The maximum Gasteiger partial charge on any atom is 0.225 e. The number of nitrogens with zero attached hydrogens (tertiary/aromatic N) is 6. The summed E-state index contributed by atoms with van der Waals surface area (Å²) in [5.41, 5.74) is 5.41. The summed E-state index contributed by atoms with van der Waals surface area (Å²) < 4.78 is 6.27. The standard InChI is InChI=1S/C26H24N6O.ClH/c1-17-16-18(2)28-26(27-17)32-14-12-31(13-15-32)25-23-22(20-10-6-7-11-21(20)33-23)29-24(30-25)19-8-4-3-5-9-19;/h3-11,16H,12-15H2,1-2H3;1H/p-1. The van der Waals surface area contributed by atoms with Gasteiger partial charge >= 0.3 is 0 Å². The van der Waals surface area contributed by atoms with Crippen molar-refractivity contribution in [3.05, 3.63) is 72.1 Å². The molecule has 0 saturated carbocycles. The Morgan fingerprint density at radius 2 is 1.38 bits per heavy atom. The third-order valence-corrected chi connectivity index (χ3v) is 6.07. The zero-order chi connectivity index (χ0) is 22.4. The van der Waals surface area contributed by atoms with Gasteiger partial charge in [-0.25, -0.2) is 19.9 Å². The largest absolute Gasteiger partial charge is 1.00 e. The molecule has 2 aromatic carbocycles. The first kappa shape index (κ1) is 22.1. The lowest BCUT2D eigenvalue weighted by Gasteiger charge is -2.35. The molecule has 0 N–H and O–H groups in total. The number of hydrogen-bond acceptors (Lipinski definition) is 7. The Labute approximate surface area is 203 Å². The van der Waals surface area contributed by atoms with Crippen LogP contribution in [0.2, 0.25) is 0 Å². The summed E-state index contributed by atoms with van der Waals surface area (Å²) in [6.07, 6.45) is 0. The highest BCUT2D eigenvalue weighted by Crippen LogP contribution is 2.35. The van der Waals surface area contributed by atoms with Crippen LogP contribution in [0.15, 0.2) is 65.1 Å². The molecule has 1 fully saturated rings. The van der Waals surface area contributed by atoms with E-state index < -0.39 is 0 Å². The average Bonchev–Trinajstić information content (AvgIpc) is 3.22. The fourth-order valence-electron chi connectivity index (χ4n) is 4.47. The smallest absolute Gasteiger partial charge is 0.225 e. The van der Waals surface area contributed by atoms with Gasteiger partial charge in [0.1, 0.15) is 11.1 Å². The van der Waals surface area contributed by atoms with Crippen molar-refractivity contribution >= 4 is 33.8 Å². The van der Waals surface area contributed by atoms with Crippen LogP contribution in [0.1, 0.15) is 11.4 Å². The highest BCUT2D eigenvalue weighted by atomic mass is 35.5. The Kier molecular flexibility index (Phi) is 5.79. The van der Waals surface area contributed by atoms with Gasteiger partial charge in [0.2, 0.25) is 5.95 Å². The van der Waals surface area contributed by atoms with Crippen molar-refractivity contribution < 1.29 is 16.8 Å². The van der Waals surface area contributed by atoms with Gasteiger partial charge in [0.15, 0.2) is 17.2 Å². The van der Waals surface area contributed by atoms with E-state index in [2.05, 4.69) is 25.8 Å². The van der Waals surface area contributed by atoms with Gasteiger partial charge in [0, 0.05) is 48.5 Å². The zero-order valence-electron chi connectivity index (χ0n) is 19.1. The molecule has 172 valence electrons. The molecule has 4 heterocycles. The van der Waals surface area contributed by atoms with Crippen LogP contribution in [0.5, 0.6) is 0 Å². The number of furan rings is 1. The Hall–Kier alpha value is -3.71. The number of benzene rings is 2. The molecule has 1 aliphatic rings. The van der Waals surface area contributed by atoms with Crippen molar-refractivity contribution in [2.45, 2.75) is 13.8 Å². The normalized spacial score (nSPS) is 13.9. The van der Waals surface area contributed by atoms with E-state index in [9.17, 15) is 0 Å². The van der Waals surface area contributed by atoms with Crippen molar-refractivity contribution in [1.82, 2.24) is 19.9 Å². The Bertz CT molecular complexity index is 1440. The highest BCUT2D eigenvalue weighted by Gasteiger charge is 2.25. The second-order valence-electron chi connectivity index (χ2n) is 8.44. The lowest BCUT2D eigenvalue weighted by atomic mass is 10.2. The van der Waals surface area contributed by atoms with Crippen molar-refractivity contribution in [3.63, 3.8) is 0 Å². The van der Waals surface area contributed by atoms with Gasteiger partial charge < -0.3 is 26.6 Å². The van der Waals surface area contributed by atoms with Gasteiger partial charge in [-0.1, -0.05) is 42.5 Å². The molecule has 0 bridgehead atoms. The average molecular weight is 472 g/mol. The van der Waals surface area contributed by atoms with Gasteiger partial charge in [0.25, 0.3) is 0 Å². The van der Waals surface area contributed by atoms with Crippen molar-refractivity contribution in [3.8, 4) is 11.4 Å². The van der Waals surface area contributed by atoms with E-state index in [0.29, 0.717) is 5.82 Å². The molecular weight excluding hydrogens is 448 g/mol. The van der Waals surface area contributed by atoms with E-state index >= 15 is 0 Å². The fourth-order valence-corrected chi connectivity index (χ4v) is 4.47. The molecule has 0 aliphatic carbocycles. The van der Waals surface area contributed by atoms with E-state index in [1.807, 2.05) is 68.4 Å². The van der Waals surface area contributed by atoms with E-state index in [4.69, 9.17) is 14.4 Å². The zero-order valence-corrected chi connectivity index (χ0v) is 19.8. The van der Waals surface area contributed by atoms with Crippen molar-refractivity contribution in [2.24, 2.45) is 0 Å². The summed E-state index contributed by atoms with van der Waals surface area (Å²) in [4.78, 5) is 23.7. The molecule has 3 aromatic heterocycles. The predicted octanol–water partition coefficient (Wildman–Crippen LogP) is 1.78. The number of para-hydroxylation sites is 1. The quantitative estimate of drug-likeness (QED) is 0.397. The van der Waals surface area contributed by atoms with Crippen LogP contribution in [-0.4, -0.2) is 46.1 Å². The Balaban J connectivity index is 0.00000241. The van der Waals surface area contributed by atoms with Crippen LogP contribution in [0.3, 0.4) is 0 Å². The number of anilines is 2. The monoisotopic (exact) mass is 471 g/mol. The van der Waals surface area contributed by atoms with Crippen LogP contribution >= 0.6 is 0 Å². The summed E-state index contributed by atoms with van der Waals surface area (Å²) in [6, 6.07) is 20.2. The second kappa shape index (κ2) is 8.91. The molecule has 34 heavy (non-hydrogen) atoms. The first-order valence-electron chi connectivity index (χ1n) is 11.2. The van der Waals surface area contributed by atoms with Gasteiger partial charge in [-0.3, -0.25) is 0 Å². The van der Waals surface area contributed by atoms with Gasteiger partial charge in [-0.15, -0.1) is 0 Å². The number of aromatic nitrogens is 4. The number of piperazine rings is 1. The van der Waals surface area contributed by atoms with E-state index in [1.165, 1.54) is 0 Å². The molecule has 0 radical (unpaired) electrons. The van der Waals surface area contributed by atoms with Crippen LogP contribution < -0.4 is 22.2 Å². The van der Waals surface area contributed by atoms with Crippen LogP contribution in [-0.2, 0) is 0 Å². The summed E-state index contributed by atoms with van der Waals surface area (Å²) in [6.45, 7) is 7.25. The molecule has 8 heteroatoms. The van der Waals surface area contributed by atoms with Crippen LogP contribution in [0.4, 0.5) is 11.8 Å². The summed E-state index contributed by atoms with van der Waals surface area (Å²) in [5, 5.41) is 1.01. The van der Waals surface area contributed by atoms with Crippen LogP contribution in [0, 0.1) is 13.8 Å². The second-order valence-corrected chi connectivity index (χ2v) is 8.44. The van der Waals surface area contributed by atoms with Crippen molar-refractivity contribution in [1.29, 1.82) is 0 Å². The minimum absolute atomic E-state index is 0. The number of hydrogen-bond donors (Lipinski definition) is 0. The number of aryl methyl sites for hydroxylation is 2. The lowest BCUT2D eigenvalue weighted by molar-refractivity contribution is -0.00000741. The summed E-state index contributed by atoms with van der Waals surface area (Å²) in [7, 11) is 0. The third kappa shape index (κ3) is 3.92. The highest BCUT2D eigenvalue weighted by molar-refractivity contribution is 6.06. The summed E-state index contributed by atoms with van der Waals surface area (Å²) in [5.74, 6) is 2.36. The maximum absolute atomic E-state index is 6.27. The number of fused-ring (bicyclic) bond motifs is 3. The van der Waals surface area contributed by atoms with Gasteiger partial charge in [-0.2, -0.15) is 0 Å². The third-order valence-electron chi connectivity index (χ3n) is 6.07. The minimum atomic E-state index is 0. The Morgan fingerprint density at radius 1 is 0.735 bits per heavy atom. The molecule has 5 aromatic rings. The Morgan fingerprint density at radius 3 is 2.12 bits per heavy atom. The molecule has 6 rings (SSSR count). The molecular formula is C26H24ClN6O-. The fraction of sp³-hybridized carbons (Fsp3) is 0.231. The molecule has 0 spiro atoms. The van der Waals surface area contributed by atoms with Crippen molar-refractivity contribution in [2.75, 3.05) is 36.0 Å². The SMILES string of the molecule is Cc1cc(C)nc(N2CCN(c3nc(-c4ccccc4)nc4c3oc3ccccc34)CC2)n1.[Cl-]. The maximum atomic E-state index is 6.27. The lowest BCUT2D eigenvalue weighted by Crippen LogP contribution is -3.00.